The second kappa shape index (κ2) is 11.8. The molecule has 2 rings (SSSR count). The van der Waals surface area contributed by atoms with Crippen LogP contribution >= 0.6 is 24.0 Å². The van der Waals surface area contributed by atoms with Gasteiger partial charge in [0.25, 0.3) is 0 Å². The van der Waals surface area contributed by atoms with Crippen LogP contribution in [0.5, 0.6) is 5.75 Å². The Balaban J connectivity index is 0.00000264. The zero-order valence-electron chi connectivity index (χ0n) is 13.4. The van der Waals surface area contributed by atoms with E-state index in [1.54, 1.807) is 7.05 Å². The van der Waals surface area contributed by atoms with Gasteiger partial charge in [-0.1, -0.05) is 48.5 Å². The molecule has 0 amide bonds. The van der Waals surface area contributed by atoms with E-state index in [0.29, 0.717) is 13.2 Å². The third-order valence-corrected chi connectivity index (χ3v) is 3.18. The lowest BCUT2D eigenvalue weighted by Crippen LogP contribution is -2.40. The maximum absolute atomic E-state index is 5.63. The molecule has 0 fully saturated rings. The molecule has 0 aliphatic heterocycles. The van der Waals surface area contributed by atoms with E-state index in [4.69, 9.17) is 4.74 Å². The molecule has 0 aliphatic carbocycles. The number of para-hydroxylation sites is 1. The molecule has 0 radical (unpaired) electrons. The van der Waals surface area contributed by atoms with Crippen LogP contribution in [0.1, 0.15) is 5.56 Å². The summed E-state index contributed by atoms with van der Waals surface area (Å²) in [6.45, 7) is 2.16. The maximum atomic E-state index is 5.63. The van der Waals surface area contributed by atoms with Crippen LogP contribution in [0.4, 0.5) is 0 Å². The van der Waals surface area contributed by atoms with Crippen molar-refractivity contribution in [2.24, 2.45) is 4.99 Å². The summed E-state index contributed by atoms with van der Waals surface area (Å²) in [5.74, 6) is 1.68. The summed E-state index contributed by atoms with van der Waals surface area (Å²) in [4.78, 5) is 4.20. The molecule has 2 aromatic carbocycles. The highest BCUT2D eigenvalue weighted by Crippen LogP contribution is 2.07. The number of nitrogens with one attached hydrogen (secondary N) is 2. The minimum Gasteiger partial charge on any atom is -0.492 e. The van der Waals surface area contributed by atoms with Gasteiger partial charge in [-0.2, -0.15) is 0 Å². The molecule has 0 aromatic heterocycles. The average Bonchev–Trinajstić information content (AvgIpc) is 2.59. The molecule has 2 N–H and O–H groups in total. The third-order valence-electron chi connectivity index (χ3n) is 3.18. The zero-order chi connectivity index (χ0) is 15.5. The lowest BCUT2D eigenvalue weighted by Gasteiger charge is -2.12. The molecule has 0 saturated carbocycles. The summed E-state index contributed by atoms with van der Waals surface area (Å²) < 4.78 is 5.63. The highest BCUT2D eigenvalue weighted by atomic mass is 127. The fourth-order valence-corrected chi connectivity index (χ4v) is 2.05. The molecular weight excluding hydrogens is 401 g/mol. The van der Waals surface area contributed by atoms with Gasteiger partial charge >= 0.3 is 0 Å². The fourth-order valence-electron chi connectivity index (χ4n) is 2.05. The van der Waals surface area contributed by atoms with Gasteiger partial charge in [0.15, 0.2) is 5.96 Å². The number of ether oxygens (including phenoxy) is 1. The van der Waals surface area contributed by atoms with Crippen LogP contribution in [-0.4, -0.2) is 32.7 Å². The van der Waals surface area contributed by atoms with E-state index in [0.717, 1.165) is 24.7 Å². The molecule has 0 atom stereocenters. The van der Waals surface area contributed by atoms with Crippen LogP contribution < -0.4 is 15.4 Å². The van der Waals surface area contributed by atoms with Crippen molar-refractivity contribution in [2.75, 3.05) is 26.7 Å². The van der Waals surface area contributed by atoms with E-state index in [1.807, 2.05) is 36.4 Å². The van der Waals surface area contributed by atoms with Gasteiger partial charge in [-0.3, -0.25) is 4.99 Å². The van der Waals surface area contributed by atoms with Crippen molar-refractivity contribution in [2.45, 2.75) is 6.42 Å². The Morgan fingerprint density at radius 1 is 0.913 bits per heavy atom. The molecule has 0 bridgehead atoms. The first-order valence-corrected chi connectivity index (χ1v) is 7.55. The van der Waals surface area contributed by atoms with Crippen molar-refractivity contribution in [1.29, 1.82) is 0 Å². The molecular formula is C18H24IN3O. The van der Waals surface area contributed by atoms with E-state index < -0.39 is 0 Å². The summed E-state index contributed by atoms with van der Waals surface area (Å²) in [6, 6.07) is 20.2. The molecule has 0 heterocycles. The smallest absolute Gasteiger partial charge is 0.191 e. The normalized spacial score (nSPS) is 10.6. The van der Waals surface area contributed by atoms with Crippen molar-refractivity contribution >= 4 is 29.9 Å². The maximum Gasteiger partial charge on any atom is 0.191 e. The van der Waals surface area contributed by atoms with Crippen LogP contribution in [0.3, 0.4) is 0 Å². The molecule has 0 unspecified atom stereocenters. The topological polar surface area (TPSA) is 45.7 Å². The largest absolute Gasteiger partial charge is 0.492 e. The summed E-state index contributed by atoms with van der Waals surface area (Å²) in [5.41, 5.74) is 1.32. The quantitative estimate of drug-likeness (QED) is 0.310. The van der Waals surface area contributed by atoms with E-state index >= 15 is 0 Å². The van der Waals surface area contributed by atoms with Crippen molar-refractivity contribution in [1.82, 2.24) is 10.6 Å². The van der Waals surface area contributed by atoms with Crippen LogP contribution in [0.2, 0.25) is 0 Å². The van der Waals surface area contributed by atoms with E-state index in [-0.39, 0.29) is 24.0 Å². The molecule has 0 spiro atoms. The zero-order valence-corrected chi connectivity index (χ0v) is 15.7. The van der Waals surface area contributed by atoms with Gasteiger partial charge in [0, 0.05) is 13.6 Å². The summed E-state index contributed by atoms with van der Waals surface area (Å²) in [7, 11) is 1.77. The van der Waals surface area contributed by atoms with Gasteiger partial charge in [-0.05, 0) is 24.1 Å². The van der Waals surface area contributed by atoms with Crippen molar-refractivity contribution in [3.8, 4) is 5.75 Å². The minimum absolute atomic E-state index is 0. The van der Waals surface area contributed by atoms with Crippen molar-refractivity contribution in [3.05, 3.63) is 66.2 Å². The molecule has 2 aromatic rings. The Kier molecular flexibility index (Phi) is 9.86. The highest BCUT2D eigenvalue weighted by Gasteiger charge is 1.98. The Labute approximate surface area is 155 Å². The van der Waals surface area contributed by atoms with Gasteiger partial charge in [-0.25, -0.2) is 0 Å². The first-order chi connectivity index (χ1) is 10.9. The van der Waals surface area contributed by atoms with E-state index in [2.05, 4.69) is 39.9 Å². The predicted molar refractivity (Wildman–Crippen MR) is 107 cm³/mol. The highest BCUT2D eigenvalue weighted by molar-refractivity contribution is 14.0. The molecule has 4 nitrogen and oxygen atoms in total. The summed E-state index contributed by atoms with van der Waals surface area (Å²) in [6.07, 6.45) is 0.974. The number of guanidine groups is 1. The van der Waals surface area contributed by atoms with Crippen LogP contribution in [0, 0.1) is 0 Å². The number of benzene rings is 2. The van der Waals surface area contributed by atoms with Crippen molar-refractivity contribution < 1.29 is 4.74 Å². The number of hydrogen-bond acceptors (Lipinski definition) is 2. The fraction of sp³-hybridized carbons (Fsp3) is 0.278. The Bertz CT molecular complexity index is 561. The first-order valence-electron chi connectivity index (χ1n) is 7.55. The molecule has 5 heteroatoms. The van der Waals surface area contributed by atoms with Crippen LogP contribution in [-0.2, 0) is 6.42 Å². The first kappa shape index (κ1) is 19.3. The average molecular weight is 425 g/mol. The third kappa shape index (κ3) is 7.88. The Morgan fingerprint density at radius 3 is 2.17 bits per heavy atom. The van der Waals surface area contributed by atoms with E-state index in [9.17, 15) is 0 Å². The van der Waals surface area contributed by atoms with Gasteiger partial charge < -0.3 is 15.4 Å². The standard InChI is InChI=1S/C18H23N3O.HI/c1-19-18(20-13-12-16-8-4-2-5-9-16)21-14-15-22-17-10-6-3-7-11-17;/h2-11H,12-15H2,1H3,(H2,19,20,21);1H. The number of nitrogens with zero attached hydrogens (tertiary/aromatic N) is 1. The second-order valence-electron chi connectivity index (χ2n) is 4.82. The monoisotopic (exact) mass is 425 g/mol. The minimum atomic E-state index is 0. The summed E-state index contributed by atoms with van der Waals surface area (Å²) >= 11 is 0. The van der Waals surface area contributed by atoms with Gasteiger partial charge in [0.05, 0.1) is 6.54 Å². The second-order valence-corrected chi connectivity index (χ2v) is 4.82. The lowest BCUT2D eigenvalue weighted by atomic mass is 10.1. The lowest BCUT2D eigenvalue weighted by molar-refractivity contribution is 0.322. The SMILES string of the molecule is CN=C(NCCOc1ccccc1)NCCc1ccccc1.I. The number of hydrogen-bond donors (Lipinski definition) is 2. The predicted octanol–water partition coefficient (Wildman–Crippen LogP) is 3.09. The molecule has 0 saturated heterocycles. The molecule has 0 aliphatic rings. The van der Waals surface area contributed by atoms with Crippen molar-refractivity contribution in [3.63, 3.8) is 0 Å². The van der Waals surface area contributed by atoms with Crippen LogP contribution in [0.25, 0.3) is 0 Å². The van der Waals surface area contributed by atoms with E-state index in [1.165, 1.54) is 5.56 Å². The molecule has 124 valence electrons. The van der Waals surface area contributed by atoms with Gasteiger partial charge in [0.2, 0.25) is 0 Å². The van der Waals surface area contributed by atoms with Gasteiger partial charge in [0.1, 0.15) is 12.4 Å². The number of aliphatic imine (C=N–C) groups is 1. The number of rotatable bonds is 7. The Hall–Kier alpha value is -1.76. The number of halogens is 1. The summed E-state index contributed by atoms with van der Waals surface area (Å²) in [5, 5.41) is 6.54. The van der Waals surface area contributed by atoms with Gasteiger partial charge in [-0.15, -0.1) is 24.0 Å². The van der Waals surface area contributed by atoms with Crippen LogP contribution in [0.15, 0.2) is 65.7 Å². The molecule has 23 heavy (non-hydrogen) atoms. The Morgan fingerprint density at radius 2 is 1.52 bits per heavy atom.